The van der Waals surface area contributed by atoms with Gasteiger partial charge in [-0.15, -0.1) is 0 Å². The number of sulfone groups is 1. The monoisotopic (exact) mass is 440 g/mol. The highest BCUT2D eigenvalue weighted by atomic mass is 32.2. The van der Waals surface area contributed by atoms with Crippen LogP contribution in [0.2, 0.25) is 0 Å². The van der Waals surface area contributed by atoms with E-state index in [9.17, 15) is 13.2 Å². The molecule has 12 heteroatoms. The standard InChI is InChI=1S/C17H24N6O4S2/c1-13-6-8-14(9-7-13)29(25,26)12-20-28-22(5)16(24)27-21-15(17(2,3)4)23-11-18-10-19-23/h6-11,20H,12H2,1-5H3. The summed E-state index contributed by atoms with van der Waals surface area (Å²) in [5.41, 5.74) is 0.509. The average molecular weight is 441 g/mol. The maximum absolute atomic E-state index is 12.3. The second-order valence-electron chi connectivity index (χ2n) is 7.17. The molecule has 0 atom stereocenters. The van der Waals surface area contributed by atoms with Gasteiger partial charge in [0.15, 0.2) is 15.7 Å². The van der Waals surface area contributed by atoms with Crippen LogP contribution in [-0.2, 0) is 14.7 Å². The van der Waals surface area contributed by atoms with Gasteiger partial charge in [0.25, 0.3) is 0 Å². The second kappa shape index (κ2) is 9.37. The minimum absolute atomic E-state index is 0.202. The van der Waals surface area contributed by atoms with Crippen LogP contribution in [0.25, 0.3) is 0 Å². The number of rotatable bonds is 6. The summed E-state index contributed by atoms with van der Waals surface area (Å²) in [4.78, 5) is 21.2. The molecule has 0 unspecified atom stereocenters. The fraction of sp³-hybridized carbons (Fsp3) is 0.412. The number of aromatic nitrogens is 3. The molecule has 0 aliphatic carbocycles. The average Bonchev–Trinajstić information content (AvgIpc) is 3.14. The van der Waals surface area contributed by atoms with Gasteiger partial charge in [-0.1, -0.05) is 43.6 Å². The highest BCUT2D eigenvalue weighted by Crippen LogP contribution is 2.18. The SMILES string of the molecule is Cc1ccc(S(=O)(=O)CNSN(C)C(=O)ON=C(n2cncn2)C(C)(C)C)cc1. The fourth-order valence-corrected chi connectivity index (χ4v) is 3.90. The summed E-state index contributed by atoms with van der Waals surface area (Å²) in [5.74, 6) is 0.0324. The Morgan fingerprint density at radius 1 is 1.31 bits per heavy atom. The van der Waals surface area contributed by atoms with Crippen molar-refractivity contribution in [3.63, 3.8) is 0 Å². The first-order chi connectivity index (χ1) is 13.5. The number of carbonyl (C=O) groups excluding carboxylic acids is 1. The van der Waals surface area contributed by atoms with E-state index in [4.69, 9.17) is 4.84 Å². The maximum atomic E-state index is 12.3. The smallest absolute Gasteiger partial charge is 0.295 e. The first kappa shape index (κ1) is 22.8. The third kappa shape index (κ3) is 6.54. The molecule has 0 saturated heterocycles. The molecule has 10 nitrogen and oxygen atoms in total. The third-order valence-corrected chi connectivity index (χ3v) is 6.00. The number of hydrogen-bond acceptors (Lipinski definition) is 9. The Morgan fingerprint density at radius 2 is 1.97 bits per heavy atom. The Hall–Kier alpha value is -2.44. The molecule has 0 aliphatic heterocycles. The summed E-state index contributed by atoms with van der Waals surface area (Å²) < 4.78 is 29.8. The number of oxime groups is 1. The lowest BCUT2D eigenvalue weighted by molar-refractivity contribution is 0.135. The molecule has 0 aliphatic rings. The lowest BCUT2D eigenvalue weighted by Crippen LogP contribution is -2.31. The Labute approximate surface area is 174 Å². The quantitative estimate of drug-likeness (QED) is 0.239. The molecule has 0 saturated carbocycles. The van der Waals surface area contributed by atoms with Crippen LogP contribution in [-0.4, -0.2) is 52.3 Å². The topological polar surface area (TPSA) is 119 Å². The van der Waals surface area contributed by atoms with E-state index in [0.717, 1.165) is 22.0 Å². The first-order valence-corrected chi connectivity index (χ1v) is 11.0. The summed E-state index contributed by atoms with van der Waals surface area (Å²) in [7, 11) is -2.10. The molecule has 1 heterocycles. The molecule has 1 aromatic carbocycles. The number of amides is 1. The summed E-state index contributed by atoms with van der Waals surface area (Å²) >= 11 is 0.791. The van der Waals surface area contributed by atoms with Crippen molar-refractivity contribution >= 4 is 33.9 Å². The molecule has 0 spiro atoms. The zero-order valence-corrected chi connectivity index (χ0v) is 18.5. The van der Waals surface area contributed by atoms with E-state index < -0.39 is 21.3 Å². The molecule has 1 N–H and O–H groups in total. The molecule has 2 aromatic rings. The largest absolute Gasteiger partial charge is 0.446 e. The van der Waals surface area contributed by atoms with Gasteiger partial charge in [-0.25, -0.2) is 31.9 Å². The fourth-order valence-electron chi connectivity index (χ4n) is 2.05. The van der Waals surface area contributed by atoms with E-state index in [1.165, 1.54) is 24.4 Å². The van der Waals surface area contributed by atoms with Crippen molar-refractivity contribution in [2.75, 3.05) is 12.9 Å². The number of aryl methyl sites for hydroxylation is 1. The van der Waals surface area contributed by atoms with Crippen LogP contribution in [0.15, 0.2) is 47.0 Å². The van der Waals surface area contributed by atoms with Gasteiger partial charge in [-0.3, -0.25) is 4.84 Å². The van der Waals surface area contributed by atoms with Crippen LogP contribution in [0, 0.1) is 12.3 Å². The van der Waals surface area contributed by atoms with Crippen molar-refractivity contribution in [3.05, 3.63) is 42.5 Å². The highest BCUT2D eigenvalue weighted by Gasteiger charge is 2.24. The molecule has 1 amide bonds. The third-order valence-electron chi connectivity index (χ3n) is 3.60. The van der Waals surface area contributed by atoms with Crippen molar-refractivity contribution < 1.29 is 18.0 Å². The van der Waals surface area contributed by atoms with Gasteiger partial charge in [0, 0.05) is 24.6 Å². The predicted molar refractivity (Wildman–Crippen MR) is 111 cm³/mol. The summed E-state index contributed by atoms with van der Waals surface area (Å²) in [5, 5.41) is 7.90. The Bertz CT molecular complexity index is 951. The van der Waals surface area contributed by atoms with Gasteiger partial charge in [0.05, 0.1) is 4.90 Å². The van der Waals surface area contributed by atoms with Crippen LogP contribution in [0.4, 0.5) is 4.79 Å². The van der Waals surface area contributed by atoms with Gasteiger partial charge >= 0.3 is 6.09 Å². The van der Waals surface area contributed by atoms with Gasteiger partial charge in [0.2, 0.25) is 0 Å². The van der Waals surface area contributed by atoms with Crippen LogP contribution >= 0.6 is 12.1 Å². The molecular formula is C17H24N6O4S2. The van der Waals surface area contributed by atoms with E-state index in [0.29, 0.717) is 5.84 Å². The molecule has 1 aromatic heterocycles. The Kier molecular flexibility index (Phi) is 7.38. The lowest BCUT2D eigenvalue weighted by atomic mass is 9.95. The van der Waals surface area contributed by atoms with E-state index in [1.54, 1.807) is 24.3 Å². The van der Waals surface area contributed by atoms with Gasteiger partial charge in [-0.2, -0.15) is 5.10 Å². The number of hydrogen-bond donors (Lipinski definition) is 1. The summed E-state index contributed by atoms with van der Waals surface area (Å²) in [6, 6.07) is 6.54. The zero-order chi connectivity index (χ0) is 21.7. The van der Waals surface area contributed by atoms with E-state index in [1.807, 2.05) is 27.7 Å². The van der Waals surface area contributed by atoms with Gasteiger partial charge < -0.3 is 0 Å². The van der Waals surface area contributed by atoms with E-state index >= 15 is 0 Å². The molecule has 0 bridgehead atoms. The van der Waals surface area contributed by atoms with E-state index in [2.05, 4.69) is 20.0 Å². The zero-order valence-electron chi connectivity index (χ0n) is 16.9. The van der Waals surface area contributed by atoms with Crippen LogP contribution in [0.1, 0.15) is 26.3 Å². The maximum Gasteiger partial charge on any atom is 0.446 e. The van der Waals surface area contributed by atoms with E-state index in [-0.39, 0.29) is 10.8 Å². The highest BCUT2D eigenvalue weighted by molar-refractivity contribution is 7.97. The lowest BCUT2D eigenvalue weighted by Gasteiger charge is -2.20. The number of benzene rings is 1. The molecule has 2 rings (SSSR count). The number of carbonyl (C=O) groups is 1. The minimum atomic E-state index is -3.53. The molecule has 0 fully saturated rings. The molecular weight excluding hydrogens is 416 g/mol. The Morgan fingerprint density at radius 3 is 2.52 bits per heavy atom. The number of nitrogens with zero attached hydrogens (tertiary/aromatic N) is 5. The van der Waals surface area contributed by atoms with Crippen LogP contribution < -0.4 is 4.72 Å². The normalized spacial score (nSPS) is 12.7. The number of nitrogens with one attached hydrogen (secondary N) is 1. The van der Waals surface area contributed by atoms with Crippen LogP contribution in [0.3, 0.4) is 0 Å². The second-order valence-corrected chi connectivity index (χ2v) is 10.2. The van der Waals surface area contributed by atoms with Crippen molar-refractivity contribution in [3.8, 4) is 0 Å². The van der Waals surface area contributed by atoms with Gasteiger partial charge in [-0.05, 0) is 19.1 Å². The minimum Gasteiger partial charge on any atom is -0.295 e. The van der Waals surface area contributed by atoms with Crippen molar-refractivity contribution in [1.82, 2.24) is 23.8 Å². The Balaban J connectivity index is 1.92. The van der Waals surface area contributed by atoms with Crippen LogP contribution in [0.5, 0.6) is 0 Å². The van der Waals surface area contributed by atoms with Gasteiger partial charge in [0.1, 0.15) is 18.5 Å². The summed E-state index contributed by atoms with van der Waals surface area (Å²) in [6.45, 7) is 7.54. The molecule has 0 radical (unpaired) electrons. The molecule has 29 heavy (non-hydrogen) atoms. The predicted octanol–water partition coefficient (Wildman–Crippen LogP) is 2.45. The first-order valence-electron chi connectivity index (χ1n) is 8.58. The van der Waals surface area contributed by atoms with Crippen molar-refractivity contribution in [1.29, 1.82) is 0 Å². The summed E-state index contributed by atoms with van der Waals surface area (Å²) in [6.07, 6.45) is 2.02. The van der Waals surface area contributed by atoms with Crippen molar-refractivity contribution in [2.45, 2.75) is 32.6 Å². The molecule has 158 valence electrons. The van der Waals surface area contributed by atoms with Crippen molar-refractivity contribution in [2.24, 2.45) is 10.6 Å².